The van der Waals surface area contributed by atoms with Crippen LogP contribution in [0.4, 0.5) is 0 Å². The fourth-order valence-electron chi connectivity index (χ4n) is 6.96. The Morgan fingerprint density at radius 1 is 1.12 bits per heavy atom. The Labute approximate surface area is 205 Å². The van der Waals surface area contributed by atoms with Gasteiger partial charge in [0.25, 0.3) is 0 Å². The molecular formula is C25H32N4S3. The second kappa shape index (κ2) is 8.88. The van der Waals surface area contributed by atoms with E-state index in [-0.39, 0.29) is 0 Å². The summed E-state index contributed by atoms with van der Waals surface area (Å²) in [6, 6.07) is 10.6. The fraction of sp³-hybridized carbons (Fsp3) is 0.600. The van der Waals surface area contributed by atoms with Crippen LogP contribution in [-0.4, -0.2) is 38.3 Å². The predicted octanol–water partition coefficient (Wildman–Crippen LogP) is 5.32. The maximum absolute atomic E-state index is 5.72. The molecule has 0 spiro atoms. The van der Waals surface area contributed by atoms with Gasteiger partial charge in [0.05, 0.1) is 11.4 Å². The van der Waals surface area contributed by atoms with Crippen molar-refractivity contribution in [3.05, 3.63) is 36.0 Å². The van der Waals surface area contributed by atoms with Gasteiger partial charge < -0.3 is 15.2 Å². The van der Waals surface area contributed by atoms with Gasteiger partial charge in [0.1, 0.15) is 0 Å². The van der Waals surface area contributed by atoms with E-state index < -0.39 is 0 Å². The van der Waals surface area contributed by atoms with Crippen LogP contribution in [0.5, 0.6) is 0 Å². The lowest BCUT2D eigenvalue weighted by Crippen LogP contribution is -2.61. The molecule has 7 heteroatoms. The van der Waals surface area contributed by atoms with Gasteiger partial charge in [0.15, 0.2) is 10.3 Å². The highest BCUT2D eigenvalue weighted by Crippen LogP contribution is 2.55. The number of hydrogen-bond acceptors (Lipinski definition) is 4. The van der Waals surface area contributed by atoms with E-state index in [1.165, 1.54) is 54.9 Å². The summed E-state index contributed by atoms with van der Waals surface area (Å²) >= 11 is 9.57. The van der Waals surface area contributed by atoms with Gasteiger partial charge in [-0.15, -0.1) is 0 Å². The Hall–Kier alpha value is -1.18. The van der Waals surface area contributed by atoms with Crippen molar-refractivity contribution in [2.24, 2.45) is 17.8 Å². The zero-order valence-corrected chi connectivity index (χ0v) is 21.0. The standard InChI is InChI=1S/C25H32N4S3/c30-23(28-25-13-17-10-18(14-25)12-19(11-17)15-25)26-6-8-31-16-21-22(20-4-2-1-3-5-20)27-24-29(21)7-9-32-24/h1-5,17-19H,6-16H2,(H2,26,28,30). The van der Waals surface area contributed by atoms with Gasteiger partial charge >= 0.3 is 0 Å². The van der Waals surface area contributed by atoms with Crippen LogP contribution in [0, 0.1) is 17.8 Å². The van der Waals surface area contributed by atoms with Crippen LogP contribution in [0.1, 0.15) is 44.2 Å². The molecule has 4 saturated carbocycles. The average molecular weight is 485 g/mol. The molecule has 0 radical (unpaired) electrons. The lowest BCUT2D eigenvalue weighted by atomic mass is 9.53. The first-order chi connectivity index (χ1) is 15.7. The van der Waals surface area contributed by atoms with Gasteiger partial charge in [0.2, 0.25) is 0 Å². The molecule has 0 unspecified atom stereocenters. The number of rotatable bonds is 7. The van der Waals surface area contributed by atoms with Crippen LogP contribution in [0.2, 0.25) is 0 Å². The normalized spacial score (nSPS) is 29.8. The van der Waals surface area contributed by atoms with Gasteiger partial charge in [-0.3, -0.25) is 0 Å². The number of benzene rings is 1. The SMILES string of the molecule is S=C(NCCSCc1c(-c2ccccc2)nc2n1CCS2)NC12CC3CC(CC(C3)C1)C2. The van der Waals surface area contributed by atoms with Crippen LogP contribution in [0.25, 0.3) is 11.3 Å². The van der Waals surface area contributed by atoms with Crippen molar-refractivity contribution in [1.29, 1.82) is 0 Å². The Bertz CT molecular complexity index is 951. The molecule has 4 fully saturated rings. The summed E-state index contributed by atoms with van der Waals surface area (Å²) in [6.07, 6.45) is 8.42. The molecule has 4 aliphatic carbocycles. The van der Waals surface area contributed by atoms with Crippen molar-refractivity contribution in [3.63, 3.8) is 0 Å². The quantitative estimate of drug-likeness (QED) is 0.409. The summed E-state index contributed by atoms with van der Waals surface area (Å²) in [5, 5.41) is 9.35. The van der Waals surface area contributed by atoms with Crippen molar-refractivity contribution < 1.29 is 0 Å². The first-order valence-corrected chi connectivity index (χ1v) is 14.6. The molecular weight excluding hydrogens is 453 g/mol. The first-order valence-electron chi connectivity index (χ1n) is 12.1. The third kappa shape index (κ3) is 4.21. The van der Waals surface area contributed by atoms with Crippen LogP contribution >= 0.6 is 35.7 Å². The number of aromatic nitrogens is 2. The molecule has 7 rings (SSSR count). The molecule has 2 aromatic rings. The molecule has 32 heavy (non-hydrogen) atoms. The number of thioether (sulfide) groups is 2. The number of nitrogens with zero attached hydrogens (tertiary/aromatic N) is 2. The molecule has 1 aliphatic heterocycles. The molecule has 4 nitrogen and oxygen atoms in total. The molecule has 4 bridgehead atoms. The molecule has 5 aliphatic rings. The van der Waals surface area contributed by atoms with Gasteiger partial charge in [-0.2, -0.15) is 11.8 Å². The fourth-order valence-corrected chi connectivity index (χ4v) is 9.13. The van der Waals surface area contributed by atoms with E-state index in [1.54, 1.807) is 0 Å². The minimum absolute atomic E-state index is 0.298. The minimum atomic E-state index is 0.298. The summed E-state index contributed by atoms with van der Waals surface area (Å²) in [5.41, 5.74) is 4.05. The van der Waals surface area contributed by atoms with E-state index >= 15 is 0 Å². The summed E-state index contributed by atoms with van der Waals surface area (Å²) < 4.78 is 2.42. The number of thiocarbonyl (C=S) groups is 1. The molecule has 0 atom stereocenters. The maximum atomic E-state index is 5.72. The van der Waals surface area contributed by atoms with Crippen LogP contribution in [0.15, 0.2) is 35.5 Å². The van der Waals surface area contributed by atoms with Gasteiger partial charge in [-0.25, -0.2) is 4.98 Å². The minimum Gasteiger partial charge on any atom is -0.362 e. The van der Waals surface area contributed by atoms with E-state index in [9.17, 15) is 0 Å². The summed E-state index contributed by atoms with van der Waals surface area (Å²) in [4.78, 5) is 4.96. The van der Waals surface area contributed by atoms with Crippen molar-refractivity contribution in [2.45, 2.75) is 61.5 Å². The highest BCUT2D eigenvalue weighted by molar-refractivity contribution is 7.99. The Kier molecular flexibility index (Phi) is 5.93. The molecule has 1 aromatic heterocycles. The van der Waals surface area contributed by atoms with Gasteiger partial charge in [-0.05, 0) is 68.5 Å². The monoisotopic (exact) mass is 484 g/mol. The lowest BCUT2D eigenvalue weighted by molar-refractivity contribution is -0.0101. The summed E-state index contributed by atoms with van der Waals surface area (Å²) in [7, 11) is 0. The summed E-state index contributed by atoms with van der Waals surface area (Å²) in [6.45, 7) is 1.99. The van der Waals surface area contributed by atoms with E-state index in [0.717, 1.165) is 58.9 Å². The Balaban J connectivity index is 1.01. The highest BCUT2D eigenvalue weighted by atomic mass is 32.2. The molecule has 2 N–H and O–H groups in total. The molecule has 0 saturated heterocycles. The number of fused-ring (bicyclic) bond motifs is 1. The van der Waals surface area contributed by atoms with Gasteiger partial charge in [-0.1, -0.05) is 42.1 Å². The van der Waals surface area contributed by atoms with E-state index in [1.807, 2.05) is 23.5 Å². The van der Waals surface area contributed by atoms with Gasteiger partial charge in [0, 0.05) is 41.5 Å². The highest BCUT2D eigenvalue weighted by Gasteiger charge is 2.51. The van der Waals surface area contributed by atoms with Crippen LogP contribution < -0.4 is 10.6 Å². The van der Waals surface area contributed by atoms with Crippen molar-refractivity contribution in [1.82, 2.24) is 20.2 Å². The average Bonchev–Trinajstić information content (AvgIpc) is 3.35. The maximum Gasteiger partial charge on any atom is 0.168 e. The Morgan fingerprint density at radius 2 is 1.84 bits per heavy atom. The number of imidazole rings is 1. The third-order valence-electron chi connectivity index (χ3n) is 7.82. The number of nitrogens with one attached hydrogen (secondary N) is 2. The Morgan fingerprint density at radius 3 is 2.56 bits per heavy atom. The van der Waals surface area contributed by atoms with Crippen molar-refractivity contribution >= 4 is 40.9 Å². The second-order valence-corrected chi connectivity index (χ2v) is 12.8. The molecule has 1 aromatic carbocycles. The van der Waals surface area contributed by atoms with Crippen molar-refractivity contribution in [3.8, 4) is 11.3 Å². The van der Waals surface area contributed by atoms with Crippen LogP contribution in [0.3, 0.4) is 0 Å². The molecule has 2 heterocycles. The zero-order chi connectivity index (χ0) is 21.5. The molecule has 0 amide bonds. The number of hydrogen-bond donors (Lipinski definition) is 2. The third-order valence-corrected chi connectivity index (χ3v) is 9.99. The van der Waals surface area contributed by atoms with E-state index in [2.05, 4.69) is 45.5 Å². The topological polar surface area (TPSA) is 41.9 Å². The smallest absolute Gasteiger partial charge is 0.168 e. The summed E-state index contributed by atoms with van der Waals surface area (Å²) in [5.74, 6) is 6.02. The predicted molar refractivity (Wildman–Crippen MR) is 139 cm³/mol. The first kappa shape index (κ1) is 21.4. The largest absolute Gasteiger partial charge is 0.362 e. The second-order valence-electron chi connectivity index (χ2n) is 10.2. The lowest BCUT2D eigenvalue weighted by Gasteiger charge is -2.57. The van der Waals surface area contributed by atoms with E-state index in [4.69, 9.17) is 17.2 Å². The zero-order valence-electron chi connectivity index (χ0n) is 18.5. The molecule has 170 valence electrons. The van der Waals surface area contributed by atoms with Crippen molar-refractivity contribution in [2.75, 3.05) is 18.1 Å². The van der Waals surface area contributed by atoms with Crippen LogP contribution in [-0.2, 0) is 12.3 Å². The van der Waals surface area contributed by atoms with E-state index in [0.29, 0.717) is 5.54 Å².